The maximum atomic E-state index is 13.9. The Morgan fingerprint density at radius 1 is 0.514 bits per heavy atom. The number of para-hydroxylation sites is 2. The molecular formula is C30H17ClO4. The van der Waals surface area contributed by atoms with E-state index < -0.39 is 0 Å². The number of fused-ring (bicyclic) bond motifs is 3. The second kappa shape index (κ2) is 8.42. The van der Waals surface area contributed by atoms with Crippen LogP contribution in [0.5, 0.6) is 23.0 Å². The average Bonchev–Trinajstić information content (AvgIpc) is 2.89. The van der Waals surface area contributed by atoms with Gasteiger partial charge in [-0.05, 0) is 42.5 Å². The van der Waals surface area contributed by atoms with Gasteiger partial charge in [0.2, 0.25) is 0 Å². The third-order valence-corrected chi connectivity index (χ3v) is 6.21. The van der Waals surface area contributed by atoms with Crippen molar-refractivity contribution in [2.75, 3.05) is 0 Å². The summed E-state index contributed by atoms with van der Waals surface area (Å²) in [6.45, 7) is 0. The van der Waals surface area contributed by atoms with Gasteiger partial charge in [0, 0.05) is 26.9 Å². The first-order chi connectivity index (χ1) is 17.1. The van der Waals surface area contributed by atoms with Crippen molar-refractivity contribution in [2.24, 2.45) is 0 Å². The Labute approximate surface area is 206 Å². The van der Waals surface area contributed by atoms with E-state index in [0.29, 0.717) is 38.8 Å². The highest BCUT2D eigenvalue weighted by atomic mass is 35.5. The maximum absolute atomic E-state index is 13.9. The Hall–Kier alpha value is -4.41. The first kappa shape index (κ1) is 21.1. The molecule has 0 unspecified atom stereocenters. The molecule has 5 heteroatoms. The molecule has 0 N–H and O–H groups in total. The van der Waals surface area contributed by atoms with Crippen LogP contribution in [0.1, 0.15) is 31.8 Å². The fourth-order valence-electron chi connectivity index (χ4n) is 4.41. The summed E-state index contributed by atoms with van der Waals surface area (Å²) in [4.78, 5) is 27.8. The van der Waals surface area contributed by atoms with Gasteiger partial charge < -0.3 is 9.47 Å². The van der Waals surface area contributed by atoms with Crippen LogP contribution in [0.4, 0.5) is 0 Å². The molecule has 168 valence electrons. The van der Waals surface area contributed by atoms with Gasteiger partial charge in [-0.2, -0.15) is 0 Å². The number of hydrogen-bond acceptors (Lipinski definition) is 4. The average molecular weight is 477 g/mol. The van der Waals surface area contributed by atoms with E-state index in [0.717, 1.165) is 0 Å². The van der Waals surface area contributed by atoms with E-state index in [4.69, 9.17) is 21.1 Å². The Kier molecular flexibility index (Phi) is 5.09. The normalized spacial score (nSPS) is 12.3. The predicted octanol–water partition coefficient (Wildman–Crippen LogP) is 7.85. The van der Waals surface area contributed by atoms with Gasteiger partial charge in [-0.15, -0.1) is 0 Å². The zero-order valence-electron chi connectivity index (χ0n) is 18.3. The van der Waals surface area contributed by atoms with Crippen LogP contribution in [-0.4, -0.2) is 11.6 Å². The predicted molar refractivity (Wildman–Crippen MR) is 135 cm³/mol. The lowest BCUT2D eigenvalue weighted by Gasteiger charge is -2.25. The second-order valence-corrected chi connectivity index (χ2v) is 8.57. The summed E-state index contributed by atoms with van der Waals surface area (Å²) in [5.74, 6) is 1.08. The Balaban J connectivity index is 1.70. The lowest BCUT2D eigenvalue weighted by Crippen LogP contribution is -2.22. The van der Waals surface area contributed by atoms with E-state index in [1.807, 2.05) is 60.7 Å². The Bertz CT molecular complexity index is 1630. The quantitative estimate of drug-likeness (QED) is 0.260. The lowest BCUT2D eigenvalue weighted by molar-refractivity contribution is 0.0975. The molecule has 0 amide bonds. The number of rotatable bonds is 4. The minimum Gasteiger partial charge on any atom is -0.456 e. The molecule has 1 aliphatic carbocycles. The summed E-state index contributed by atoms with van der Waals surface area (Å²) in [6.07, 6.45) is 0. The van der Waals surface area contributed by atoms with Crippen molar-refractivity contribution in [3.8, 4) is 23.0 Å². The molecule has 0 fully saturated rings. The fourth-order valence-corrected chi connectivity index (χ4v) is 4.58. The first-order valence-electron chi connectivity index (χ1n) is 11.1. The summed E-state index contributed by atoms with van der Waals surface area (Å²) in [7, 11) is 0. The number of ether oxygens (including phenoxy) is 2. The molecule has 1 aliphatic rings. The number of carbonyl (C=O) groups is 2. The second-order valence-electron chi connectivity index (χ2n) is 8.13. The van der Waals surface area contributed by atoms with E-state index in [2.05, 4.69) is 0 Å². The number of carbonyl (C=O) groups excluding carboxylic acids is 2. The molecule has 5 aromatic carbocycles. The van der Waals surface area contributed by atoms with Gasteiger partial charge in [-0.25, -0.2) is 0 Å². The van der Waals surface area contributed by atoms with E-state index in [9.17, 15) is 9.59 Å². The van der Waals surface area contributed by atoms with Crippen LogP contribution >= 0.6 is 11.6 Å². The summed E-state index contributed by atoms with van der Waals surface area (Å²) >= 11 is 6.20. The number of ketones is 2. The zero-order valence-corrected chi connectivity index (χ0v) is 19.1. The van der Waals surface area contributed by atoms with Crippen molar-refractivity contribution < 1.29 is 19.1 Å². The molecule has 0 heterocycles. The standard InChI is InChI=1S/C30H17ClO4/c31-18-15-16-21-24(17-18)28(33)26-25(27(21)32)29(34-19-9-3-1-4-10-19)22-13-7-8-14-23(22)30(26)35-20-11-5-2-6-12-20/h1-17H. The highest BCUT2D eigenvalue weighted by Crippen LogP contribution is 2.48. The van der Waals surface area contributed by atoms with Gasteiger partial charge in [-0.1, -0.05) is 72.3 Å². The van der Waals surface area contributed by atoms with Crippen LogP contribution < -0.4 is 9.47 Å². The number of hydrogen-bond donors (Lipinski definition) is 0. The SMILES string of the molecule is O=C1c2ccc(Cl)cc2C(=O)c2c1c(Oc1ccccc1)c1ccccc1c2Oc1ccccc1. The molecule has 0 aromatic heterocycles. The van der Waals surface area contributed by atoms with Crippen molar-refractivity contribution in [3.05, 3.63) is 130 Å². The molecule has 0 bridgehead atoms. The Morgan fingerprint density at radius 2 is 0.971 bits per heavy atom. The number of benzene rings is 5. The highest BCUT2D eigenvalue weighted by Gasteiger charge is 2.38. The highest BCUT2D eigenvalue weighted by molar-refractivity contribution is 6.35. The Morgan fingerprint density at radius 3 is 1.49 bits per heavy atom. The number of halogens is 1. The molecule has 0 saturated heterocycles. The molecule has 5 aromatic rings. The van der Waals surface area contributed by atoms with Crippen LogP contribution in [0.25, 0.3) is 10.8 Å². The monoisotopic (exact) mass is 476 g/mol. The third kappa shape index (κ3) is 3.56. The maximum Gasteiger partial charge on any atom is 0.198 e. The molecule has 35 heavy (non-hydrogen) atoms. The van der Waals surface area contributed by atoms with E-state index >= 15 is 0 Å². The van der Waals surface area contributed by atoms with E-state index in [1.165, 1.54) is 6.07 Å². The van der Waals surface area contributed by atoms with Gasteiger partial charge in [0.05, 0.1) is 11.1 Å². The van der Waals surface area contributed by atoms with Crippen molar-refractivity contribution in [2.45, 2.75) is 0 Å². The summed E-state index contributed by atoms with van der Waals surface area (Å²) in [5, 5.41) is 1.70. The minimum absolute atomic E-state index is 0.165. The van der Waals surface area contributed by atoms with Gasteiger partial charge in [0.15, 0.2) is 11.6 Å². The molecule has 0 radical (unpaired) electrons. The minimum atomic E-state index is -0.341. The lowest BCUT2D eigenvalue weighted by atomic mass is 9.81. The van der Waals surface area contributed by atoms with Gasteiger partial charge in [0.1, 0.15) is 23.0 Å². The van der Waals surface area contributed by atoms with Gasteiger partial charge in [0.25, 0.3) is 0 Å². The molecule has 0 aliphatic heterocycles. The molecule has 0 atom stereocenters. The summed E-state index contributed by atoms with van der Waals surface area (Å²) < 4.78 is 12.6. The smallest absolute Gasteiger partial charge is 0.198 e. The van der Waals surface area contributed by atoms with Crippen LogP contribution in [0, 0.1) is 0 Å². The molecule has 4 nitrogen and oxygen atoms in total. The van der Waals surface area contributed by atoms with Gasteiger partial charge in [-0.3, -0.25) is 9.59 Å². The van der Waals surface area contributed by atoms with Crippen LogP contribution in [0.2, 0.25) is 5.02 Å². The third-order valence-electron chi connectivity index (χ3n) is 5.97. The van der Waals surface area contributed by atoms with E-state index in [-0.39, 0.29) is 33.8 Å². The molecule has 6 rings (SSSR count). The van der Waals surface area contributed by atoms with E-state index in [1.54, 1.807) is 36.4 Å². The molecule has 0 saturated carbocycles. The van der Waals surface area contributed by atoms with Gasteiger partial charge >= 0.3 is 0 Å². The molecule has 0 spiro atoms. The van der Waals surface area contributed by atoms with Crippen LogP contribution in [0.15, 0.2) is 103 Å². The van der Waals surface area contributed by atoms with Crippen LogP contribution in [-0.2, 0) is 0 Å². The van der Waals surface area contributed by atoms with Crippen molar-refractivity contribution in [3.63, 3.8) is 0 Å². The van der Waals surface area contributed by atoms with Crippen LogP contribution in [0.3, 0.4) is 0 Å². The summed E-state index contributed by atoms with van der Waals surface area (Å²) in [5.41, 5.74) is 0.871. The largest absolute Gasteiger partial charge is 0.456 e. The summed E-state index contributed by atoms with van der Waals surface area (Å²) in [6, 6.07) is 30.5. The molecular weight excluding hydrogens is 460 g/mol. The fraction of sp³-hybridized carbons (Fsp3) is 0. The van der Waals surface area contributed by atoms with Crippen molar-refractivity contribution >= 4 is 33.9 Å². The first-order valence-corrected chi connectivity index (χ1v) is 11.4. The topological polar surface area (TPSA) is 52.6 Å². The van der Waals surface area contributed by atoms with Crippen molar-refractivity contribution in [1.82, 2.24) is 0 Å². The zero-order chi connectivity index (χ0) is 23.9. The van der Waals surface area contributed by atoms with Crippen molar-refractivity contribution in [1.29, 1.82) is 0 Å².